The Labute approximate surface area is 72.4 Å². The van der Waals surface area contributed by atoms with Gasteiger partial charge >= 0.3 is 0 Å². The molecule has 0 aromatic rings. The summed E-state index contributed by atoms with van der Waals surface area (Å²) in [4.78, 5) is 0. The van der Waals surface area contributed by atoms with Crippen molar-refractivity contribution in [2.45, 2.75) is 57.8 Å². The van der Waals surface area contributed by atoms with Crippen molar-refractivity contribution in [2.75, 3.05) is 0 Å². The van der Waals surface area contributed by atoms with Crippen LogP contribution in [0, 0.1) is 5.92 Å². The van der Waals surface area contributed by atoms with Crippen LogP contribution in [0.3, 0.4) is 0 Å². The van der Waals surface area contributed by atoms with Crippen LogP contribution in [0.2, 0.25) is 24.2 Å². The maximum atomic E-state index is 2.39. The lowest BCUT2D eigenvalue weighted by Gasteiger charge is -2.14. The average Bonchev–Trinajstić information content (AvgIpc) is 2.64. The average molecular weight is 170 g/mol. The zero-order chi connectivity index (χ0) is 8.32. The second kappa shape index (κ2) is 3.75. The van der Waals surface area contributed by atoms with E-state index in [1.807, 2.05) is 0 Å². The Balaban J connectivity index is 2.18. The van der Waals surface area contributed by atoms with Crippen LogP contribution in [0.4, 0.5) is 0 Å². The molecule has 1 heteroatoms. The minimum absolute atomic E-state index is 0.537. The van der Waals surface area contributed by atoms with Gasteiger partial charge in [0.15, 0.2) is 0 Å². The van der Waals surface area contributed by atoms with Crippen molar-refractivity contribution in [1.29, 1.82) is 0 Å². The van der Waals surface area contributed by atoms with E-state index in [1.54, 1.807) is 24.2 Å². The molecule has 0 nitrogen and oxygen atoms in total. The molecular weight excluding hydrogens is 148 g/mol. The van der Waals surface area contributed by atoms with Crippen molar-refractivity contribution in [3.63, 3.8) is 0 Å². The highest BCUT2D eigenvalue weighted by molar-refractivity contribution is 6.89. The third-order valence-electron chi connectivity index (χ3n) is 2.86. The molecule has 0 aliphatic carbocycles. The Kier molecular flexibility index (Phi) is 3.17. The lowest BCUT2D eigenvalue weighted by molar-refractivity contribution is 0.717. The normalized spacial score (nSPS) is 20.7. The van der Waals surface area contributed by atoms with Crippen molar-refractivity contribution in [2.24, 2.45) is 5.92 Å². The number of unbranched alkanes of at least 4 members (excludes halogenated alkanes) is 1. The molecule has 66 valence electrons. The SMILES string of the molecule is CCCC[Si]1(CC(C)C)CC1. The molecule has 1 saturated heterocycles. The molecule has 0 atom stereocenters. The van der Waals surface area contributed by atoms with Gasteiger partial charge in [-0.25, -0.2) is 0 Å². The van der Waals surface area contributed by atoms with E-state index in [9.17, 15) is 0 Å². The van der Waals surface area contributed by atoms with E-state index in [-0.39, 0.29) is 0 Å². The van der Waals surface area contributed by atoms with Gasteiger partial charge in [0.2, 0.25) is 0 Å². The molecule has 0 unspecified atom stereocenters. The monoisotopic (exact) mass is 170 g/mol. The summed E-state index contributed by atoms with van der Waals surface area (Å²) in [6.45, 7) is 7.10. The molecule has 0 aromatic carbocycles. The van der Waals surface area contributed by atoms with Gasteiger partial charge in [0.05, 0.1) is 8.07 Å². The number of hydrogen-bond acceptors (Lipinski definition) is 0. The minimum Gasteiger partial charge on any atom is -0.0654 e. The summed E-state index contributed by atoms with van der Waals surface area (Å²) in [7, 11) is -0.537. The van der Waals surface area contributed by atoms with E-state index in [2.05, 4.69) is 20.8 Å². The third kappa shape index (κ3) is 2.98. The van der Waals surface area contributed by atoms with Gasteiger partial charge in [-0.15, -0.1) is 0 Å². The Morgan fingerprint density at radius 1 is 1.27 bits per heavy atom. The van der Waals surface area contributed by atoms with E-state index < -0.39 is 8.07 Å². The van der Waals surface area contributed by atoms with Gasteiger partial charge in [-0.1, -0.05) is 57.8 Å². The molecule has 0 aromatic heterocycles. The molecule has 0 radical (unpaired) electrons. The molecule has 1 heterocycles. The summed E-state index contributed by atoms with van der Waals surface area (Å²) in [6.07, 6.45) is 2.92. The molecule has 1 rings (SSSR count). The topological polar surface area (TPSA) is 0 Å². The minimum atomic E-state index is -0.537. The fraction of sp³-hybridized carbons (Fsp3) is 1.00. The molecule has 0 saturated carbocycles. The van der Waals surface area contributed by atoms with E-state index in [4.69, 9.17) is 0 Å². The van der Waals surface area contributed by atoms with Crippen LogP contribution >= 0.6 is 0 Å². The molecule has 11 heavy (non-hydrogen) atoms. The highest BCUT2D eigenvalue weighted by Gasteiger charge is 2.43. The molecular formula is C10H22Si. The first-order valence-corrected chi connectivity index (χ1v) is 8.01. The van der Waals surface area contributed by atoms with Gasteiger partial charge in [0.25, 0.3) is 0 Å². The third-order valence-corrected chi connectivity index (χ3v) is 7.87. The van der Waals surface area contributed by atoms with E-state index in [0.29, 0.717) is 0 Å². The van der Waals surface area contributed by atoms with Gasteiger partial charge in [-0.05, 0) is 5.92 Å². The van der Waals surface area contributed by atoms with Crippen molar-refractivity contribution < 1.29 is 0 Å². The maximum Gasteiger partial charge on any atom is 0.0532 e. The van der Waals surface area contributed by atoms with E-state index in [1.165, 1.54) is 12.8 Å². The summed E-state index contributed by atoms with van der Waals surface area (Å²) >= 11 is 0. The summed E-state index contributed by atoms with van der Waals surface area (Å²) in [5, 5.41) is 0. The van der Waals surface area contributed by atoms with Crippen LogP contribution in [-0.4, -0.2) is 8.07 Å². The molecule has 0 spiro atoms. The first-order chi connectivity index (χ1) is 5.18. The van der Waals surface area contributed by atoms with Gasteiger partial charge in [-0.2, -0.15) is 0 Å². The Bertz CT molecular complexity index is 114. The Morgan fingerprint density at radius 2 is 1.91 bits per heavy atom. The van der Waals surface area contributed by atoms with Crippen LogP contribution < -0.4 is 0 Å². The van der Waals surface area contributed by atoms with Crippen LogP contribution in [0.25, 0.3) is 0 Å². The first-order valence-electron chi connectivity index (χ1n) is 5.18. The van der Waals surface area contributed by atoms with E-state index >= 15 is 0 Å². The summed E-state index contributed by atoms with van der Waals surface area (Å²) < 4.78 is 0. The summed E-state index contributed by atoms with van der Waals surface area (Å²) in [6, 6.07) is 6.57. The van der Waals surface area contributed by atoms with Gasteiger partial charge in [-0.3, -0.25) is 0 Å². The number of rotatable bonds is 5. The second-order valence-corrected chi connectivity index (χ2v) is 9.61. The predicted molar refractivity (Wildman–Crippen MR) is 54.7 cm³/mol. The quantitative estimate of drug-likeness (QED) is 0.549. The Morgan fingerprint density at radius 3 is 2.27 bits per heavy atom. The van der Waals surface area contributed by atoms with Crippen LogP contribution in [0.15, 0.2) is 0 Å². The number of hydrogen-bond donors (Lipinski definition) is 0. The van der Waals surface area contributed by atoms with Crippen LogP contribution in [0.5, 0.6) is 0 Å². The standard InChI is InChI=1S/C10H22Si/c1-4-5-6-11(7-8-11)9-10(2)3/h10H,4-9H2,1-3H3. The smallest absolute Gasteiger partial charge is 0.0532 e. The van der Waals surface area contributed by atoms with E-state index in [0.717, 1.165) is 5.92 Å². The lowest BCUT2D eigenvalue weighted by Crippen LogP contribution is -2.15. The van der Waals surface area contributed by atoms with Gasteiger partial charge in [0.1, 0.15) is 0 Å². The van der Waals surface area contributed by atoms with Gasteiger partial charge in [0, 0.05) is 0 Å². The van der Waals surface area contributed by atoms with Crippen molar-refractivity contribution in [3.8, 4) is 0 Å². The fourth-order valence-corrected chi connectivity index (χ4v) is 7.51. The van der Waals surface area contributed by atoms with Gasteiger partial charge < -0.3 is 0 Å². The maximum absolute atomic E-state index is 2.39. The molecule has 0 N–H and O–H groups in total. The van der Waals surface area contributed by atoms with Crippen LogP contribution in [0.1, 0.15) is 33.6 Å². The summed E-state index contributed by atoms with van der Waals surface area (Å²) in [5.41, 5.74) is 0. The first kappa shape index (κ1) is 9.31. The highest BCUT2D eigenvalue weighted by Crippen LogP contribution is 2.46. The molecule has 0 amide bonds. The zero-order valence-electron chi connectivity index (χ0n) is 8.32. The zero-order valence-corrected chi connectivity index (χ0v) is 9.32. The van der Waals surface area contributed by atoms with Crippen molar-refractivity contribution >= 4 is 8.07 Å². The highest BCUT2D eigenvalue weighted by atomic mass is 28.3. The molecule has 0 bridgehead atoms. The Hall–Kier alpha value is 0.217. The molecule has 1 aliphatic heterocycles. The van der Waals surface area contributed by atoms with Crippen molar-refractivity contribution in [1.82, 2.24) is 0 Å². The molecule has 1 fully saturated rings. The lowest BCUT2D eigenvalue weighted by atomic mass is 10.3. The predicted octanol–water partition coefficient (Wildman–Crippen LogP) is 3.90. The second-order valence-electron chi connectivity index (χ2n) is 4.70. The fourth-order valence-electron chi connectivity index (χ4n) is 2.15. The largest absolute Gasteiger partial charge is 0.0654 e. The summed E-state index contributed by atoms with van der Waals surface area (Å²) in [5.74, 6) is 0.973. The molecule has 1 aliphatic rings. The van der Waals surface area contributed by atoms with Crippen molar-refractivity contribution in [3.05, 3.63) is 0 Å². The van der Waals surface area contributed by atoms with Crippen LogP contribution in [-0.2, 0) is 0 Å².